The maximum Gasteiger partial charge on any atom is 0.326 e. The van der Waals surface area contributed by atoms with Crippen LogP contribution in [0.2, 0.25) is 5.02 Å². The zero-order valence-electron chi connectivity index (χ0n) is 11.8. The lowest BCUT2D eigenvalue weighted by atomic mass is 10.0. The monoisotopic (exact) mass is 313 g/mol. The molecule has 0 aliphatic rings. The van der Waals surface area contributed by atoms with E-state index in [2.05, 4.69) is 5.32 Å². The van der Waals surface area contributed by atoms with E-state index in [0.29, 0.717) is 12.0 Å². The highest BCUT2D eigenvalue weighted by molar-refractivity contribution is 6.30. The average molecular weight is 314 g/mol. The summed E-state index contributed by atoms with van der Waals surface area (Å²) >= 11 is 5.63. The van der Waals surface area contributed by atoms with E-state index in [0.717, 1.165) is 0 Å². The highest BCUT2D eigenvalue weighted by atomic mass is 35.5. The number of carboxylic acid groups (broad SMARTS) is 1. The Kier molecular flexibility index (Phi) is 6.37. The summed E-state index contributed by atoms with van der Waals surface area (Å²) in [7, 11) is 0. The third kappa shape index (κ3) is 5.95. The predicted octanol–water partition coefficient (Wildman–Crippen LogP) is 3.11. The molecule has 0 saturated carbocycles. The first-order valence-electron chi connectivity index (χ1n) is 6.46. The largest absolute Gasteiger partial charge is 0.480 e. The highest BCUT2D eigenvalue weighted by Crippen LogP contribution is 2.16. The zero-order valence-corrected chi connectivity index (χ0v) is 12.5. The van der Waals surface area contributed by atoms with Crippen molar-refractivity contribution in [3.8, 4) is 0 Å². The van der Waals surface area contributed by atoms with Gasteiger partial charge >= 0.3 is 5.97 Å². The van der Waals surface area contributed by atoms with E-state index in [1.807, 2.05) is 13.8 Å². The Labute approximate surface area is 127 Å². The summed E-state index contributed by atoms with van der Waals surface area (Å²) in [5.41, 5.74) is 0.548. The van der Waals surface area contributed by atoms with E-state index in [1.54, 1.807) is 0 Å². The van der Waals surface area contributed by atoms with Crippen LogP contribution in [0.5, 0.6) is 0 Å². The molecular formula is C15H17ClFNO3. The Morgan fingerprint density at radius 1 is 1.43 bits per heavy atom. The van der Waals surface area contributed by atoms with Crippen LogP contribution in [0.15, 0.2) is 24.3 Å². The molecular weight excluding hydrogens is 297 g/mol. The number of benzene rings is 1. The third-order valence-electron chi connectivity index (χ3n) is 2.69. The number of rotatable bonds is 6. The minimum Gasteiger partial charge on any atom is -0.480 e. The van der Waals surface area contributed by atoms with Gasteiger partial charge in [-0.15, -0.1) is 0 Å². The first-order chi connectivity index (χ1) is 9.79. The normalized spacial score (nSPS) is 12.6. The number of carbonyl (C=O) groups is 2. The van der Waals surface area contributed by atoms with Gasteiger partial charge in [-0.1, -0.05) is 31.5 Å². The second-order valence-electron chi connectivity index (χ2n) is 5.04. The van der Waals surface area contributed by atoms with Crippen LogP contribution in [0, 0.1) is 11.7 Å². The molecule has 21 heavy (non-hydrogen) atoms. The molecule has 1 amide bonds. The number of carbonyl (C=O) groups excluding carboxylic acids is 1. The lowest BCUT2D eigenvalue weighted by Crippen LogP contribution is -2.40. The van der Waals surface area contributed by atoms with Gasteiger partial charge in [0.25, 0.3) is 0 Å². The predicted molar refractivity (Wildman–Crippen MR) is 79.5 cm³/mol. The molecule has 0 aromatic heterocycles. The summed E-state index contributed by atoms with van der Waals surface area (Å²) in [6, 6.07) is 3.11. The summed E-state index contributed by atoms with van der Waals surface area (Å²) in [5.74, 6) is -1.99. The van der Waals surface area contributed by atoms with Gasteiger partial charge < -0.3 is 10.4 Å². The molecule has 0 aliphatic carbocycles. The standard InChI is InChI=1S/C15H17ClFNO3/c1-9(2)7-13(15(20)21)18-14(19)6-4-10-3-5-12(17)11(16)8-10/h3-6,8-9,13H,7H2,1-2H3,(H,18,19)(H,20,21)/b6-4+/t13-/m0/s1. The van der Waals surface area contributed by atoms with Gasteiger partial charge in [-0.25, -0.2) is 9.18 Å². The van der Waals surface area contributed by atoms with Gasteiger partial charge in [0.05, 0.1) is 5.02 Å². The summed E-state index contributed by atoms with van der Waals surface area (Å²) < 4.78 is 13.0. The van der Waals surface area contributed by atoms with Crippen LogP contribution in [-0.4, -0.2) is 23.0 Å². The van der Waals surface area contributed by atoms with Crippen LogP contribution in [-0.2, 0) is 9.59 Å². The summed E-state index contributed by atoms with van der Waals surface area (Å²) in [5, 5.41) is 11.4. The Hall–Kier alpha value is -1.88. The van der Waals surface area contributed by atoms with Crippen molar-refractivity contribution >= 4 is 29.6 Å². The van der Waals surface area contributed by atoms with Crippen LogP contribution in [0.1, 0.15) is 25.8 Å². The molecule has 2 N–H and O–H groups in total. The molecule has 0 radical (unpaired) electrons. The van der Waals surface area contributed by atoms with Crippen molar-refractivity contribution < 1.29 is 19.1 Å². The molecule has 0 saturated heterocycles. The third-order valence-corrected chi connectivity index (χ3v) is 2.98. The number of aliphatic carboxylic acids is 1. The highest BCUT2D eigenvalue weighted by Gasteiger charge is 2.19. The average Bonchev–Trinajstić information content (AvgIpc) is 2.38. The molecule has 0 unspecified atom stereocenters. The molecule has 0 aliphatic heterocycles. The minimum absolute atomic E-state index is 0.0409. The van der Waals surface area contributed by atoms with E-state index in [-0.39, 0.29) is 10.9 Å². The second kappa shape index (κ2) is 7.78. The maximum atomic E-state index is 13.0. The Balaban J connectivity index is 2.68. The SMILES string of the molecule is CC(C)C[C@H](NC(=O)/C=C/c1ccc(F)c(Cl)c1)C(=O)O. The molecule has 1 aromatic carbocycles. The van der Waals surface area contributed by atoms with Gasteiger partial charge in [0.2, 0.25) is 5.91 Å². The summed E-state index contributed by atoms with van der Waals surface area (Å²) in [6.45, 7) is 3.75. The first kappa shape index (κ1) is 17.2. The maximum absolute atomic E-state index is 13.0. The van der Waals surface area contributed by atoms with Crippen molar-refractivity contribution in [2.75, 3.05) is 0 Å². The van der Waals surface area contributed by atoms with Crippen molar-refractivity contribution in [2.24, 2.45) is 5.92 Å². The molecule has 1 atom stereocenters. The molecule has 1 aromatic rings. The molecule has 0 fully saturated rings. The Morgan fingerprint density at radius 2 is 2.10 bits per heavy atom. The van der Waals surface area contributed by atoms with Crippen LogP contribution in [0.3, 0.4) is 0 Å². The summed E-state index contributed by atoms with van der Waals surface area (Å²) in [6.07, 6.45) is 2.98. The van der Waals surface area contributed by atoms with Gasteiger partial charge in [0, 0.05) is 6.08 Å². The van der Waals surface area contributed by atoms with Crippen LogP contribution >= 0.6 is 11.6 Å². The topological polar surface area (TPSA) is 66.4 Å². The van der Waals surface area contributed by atoms with Crippen LogP contribution < -0.4 is 5.32 Å². The zero-order chi connectivity index (χ0) is 16.0. The van der Waals surface area contributed by atoms with Gasteiger partial charge in [-0.3, -0.25) is 4.79 Å². The summed E-state index contributed by atoms with van der Waals surface area (Å²) in [4.78, 5) is 22.7. The number of hydrogen-bond donors (Lipinski definition) is 2. The van der Waals surface area contributed by atoms with Gasteiger partial charge in [-0.2, -0.15) is 0 Å². The molecule has 4 nitrogen and oxygen atoms in total. The van der Waals surface area contributed by atoms with Gasteiger partial charge in [0.1, 0.15) is 11.9 Å². The van der Waals surface area contributed by atoms with Crippen LogP contribution in [0.4, 0.5) is 4.39 Å². The first-order valence-corrected chi connectivity index (χ1v) is 6.84. The number of hydrogen-bond acceptors (Lipinski definition) is 2. The quantitative estimate of drug-likeness (QED) is 0.793. The van der Waals surface area contributed by atoms with E-state index in [1.165, 1.54) is 30.4 Å². The molecule has 114 valence electrons. The Morgan fingerprint density at radius 3 is 2.62 bits per heavy atom. The van der Waals surface area contributed by atoms with Crippen molar-refractivity contribution in [3.63, 3.8) is 0 Å². The van der Waals surface area contributed by atoms with Gasteiger partial charge in [0.15, 0.2) is 0 Å². The number of halogens is 2. The Bertz CT molecular complexity index is 558. The number of nitrogens with one attached hydrogen (secondary N) is 1. The molecule has 6 heteroatoms. The number of amides is 1. The van der Waals surface area contributed by atoms with E-state index in [4.69, 9.17) is 16.7 Å². The lowest BCUT2D eigenvalue weighted by Gasteiger charge is -2.15. The molecule has 1 rings (SSSR count). The van der Waals surface area contributed by atoms with Crippen molar-refractivity contribution in [3.05, 3.63) is 40.7 Å². The van der Waals surface area contributed by atoms with Crippen molar-refractivity contribution in [1.29, 1.82) is 0 Å². The fraction of sp³-hybridized carbons (Fsp3) is 0.333. The molecule has 0 spiro atoms. The second-order valence-corrected chi connectivity index (χ2v) is 5.44. The molecule has 0 heterocycles. The fourth-order valence-corrected chi connectivity index (χ4v) is 1.89. The smallest absolute Gasteiger partial charge is 0.326 e. The van der Waals surface area contributed by atoms with E-state index >= 15 is 0 Å². The number of carboxylic acids is 1. The van der Waals surface area contributed by atoms with Crippen molar-refractivity contribution in [1.82, 2.24) is 5.32 Å². The van der Waals surface area contributed by atoms with Crippen molar-refractivity contribution in [2.45, 2.75) is 26.3 Å². The van der Waals surface area contributed by atoms with Gasteiger partial charge in [-0.05, 0) is 36.1 Å². The minimum atomic E-state index is -1.07. The fourth-order valence-electron chi connectivity index (χ4n) is 1.70. The molecule has 0 bridgehead atoms. The van der Waals surface area contributed by atoms with E-state index < -0.39 is 23.7 Å². The van der Waals surface area contributed by atoms with E-state index in [9.17, 15) is 14.0 Å². The van der Waals surface area contributed by atoms with Crippen LogP contribution in [0.25, 0.3) is 6.08 Å². The lowest BCUT2D eigenvalue weighted by molar-refractivity contribution is -0.141.